The second-order valence-electron chi connectivity index (χ2n) is 4.04. The second-order valence-corrected chi connectivity index (χ2v) is 5.19. The first-order chi connectivity index (χ1) is 7.61. The number of nitrogens with one attached hydrogen (secondary N) is 1. The highest BCUT2D eigenvalue weighted by Gasteiger charge is 2.27. The van der Waals surface area contributed by atoms with Gasteiger partial charge in [-0.2, -0.15) is 16.9 Å². The summed E-state index contributed by atoms with van der Waals surface area (Å²) in [5, 5.41) is 6.70. The van der Waals surface area contributed by atoms with E-state index >= 15 is 0 Å². The Labute approximate surface area is 98.8 Å². The first-order valence-corrected chi connectivity index (χ1v) is 6.42. The van der Waals surface area contributed by atoms with E-state index in [1.807, 2.05) is 25.7 Å². The molecule has 0 spiro atoms. The topological polar surface area (TPSA) is 75.0 Å². The fourth-order valence-electron chi connectivity index (χ4n) is 1.76. The van der Waals surface area contributed by atoms with E-state index in [1.54, 1.807) is 4.90 Å². The highest BCUT2D eigenvalue weighted by atomic mass is 32.2. The number of carbonyl (C=O) groups excluding carboxylic acids is 1. The third-order valence-electron chi connectivity index (χ3n) is 2.97. The summed E-state index contributed by atoms with van der Waals surface area (Å²) >= 11 is 1.88. The maximum atomic E-state index is 12.1. The van der Waals surface area contributed by atoms with Crippen LogP contribution in [0.5, 0.6) is 0 Å². The van der Waals surface area contributed by atoms with Crippen LogP contribution in [0.2, 0.25) is 0 Å². The number of nitrogens with two attached hydrogens (primary N) is 1. The summed E-state index contributed by atoms with van der Waals surface area (Å²) in [5.41, 5.74) is 7.35. The van der Waals surface area contributed by atoms with Gasteiger partial charge in [0.05, 0.1) is 11.4 Å². The molecule has 1 unspecified atom stereocenters. The molecule has 0 aromatic carbocycles. The van der Waals surface area contributed by atoms with Gasteiger partial charge in [-0.15, -0.1) is 0 Å². The number of thioether (sulfide) groups is 1. The molecule has 2 heterocycles. The normalized spacial score (nSPS) is 20.0. The van der Waals surface area contributed by atoms with Gasteiger partial charge in [-0.1, -0.05) is 0 Å². The predicted molar refractivity (Wildman–Crippen MR) is 65.6 cm³/mol. The average molecular weight is 240 g/mol. The Morgan fingerprint density at radius 1 is 1.69 bits per heavy atom. The minimum atomic E-state index is -0.0886. The van der Waals surface area contributed by atoms with Crippen molar-refractivity contribution in [2.24, 2.45) is 0 Å². The quantitative estimate of drug-likeness (QED) is 0.804. The van der Waals surface area contributed by atoms with Crippen LogP contribution in [0.4, 0.5) is 5.69 Å². The average Bonchev–Trinajstić information content (AvgIpc) is 2.89. The fraction of sp³-hybridized carbons (Fsp3) is 0.600. The van der Waals surface area contributed by atoms with Gasteiger partial charge >= 0.3 is 0 Å². The number of H-pyrrole nitrogens is 1. The molecule has 1 fully saturated rings. The summed E-state index contributed by atoms with van der Waals surface area (Å²) < 4.78 is 0. The van der Waals surface area contributed by atoms with E-state index in [0.717, 1.165) is 23.6 Å². The number of hydrogen-bond acceptors (Lipinski definition) is 4. The molecule has 2 rings (SSSR count). The van der Waals surface area contributed by atoms with Crippen molar-refractivity contribution in [2.45, 2.75) is 19.4 Å². The summed E-state index contributed by atoms with van der Waals surface area (Å²) in [6.07, 6.45) is 1.05. The van der Waals surface area contributed by atoms with E-state index in [4.69, 9.17) is 5.73 Å². The van der Waals surface area contributed by atoms with Gasteiger partial charge in [-0.3, -0.25) is 9.89 Å². The lowest BCUT2D eigenvalue weighted by Crippen LogP contribution is -2.37. The molecule has 6 heteroatoms. The Kier molecular flexibility index (Phi) is 3.09. The SMILES string of the molecule is Cc1[nH]nc(C(=O)N(C)C2CCSC2)c1N. The first kappa shape index (κ1) is 11.3. The number of anilines is 1. The van der Waals surface area contributed by atoms with Crippen LogP contribution < -0.4 is 5.73 Å². The number of aromatic nitrogens is 2. The van der Waals surface area contributed by atoms with Crippen molar-refractivity contribution in [2.75, 3.05) is 24.3 Å². The molecular weight excluding hydrogens is 224 g/mol. The van der Waals surface area contributed by atoms with E-state index in [0.29, 0.717) is 17.4 Å². The Morgan fingerprint density at radius 2 is 2.44 bits per heavy atom. The highest BCUT2D eigenvalue weighted by Crippen LogP contribution is 2.23. The van der Waals surface area contributed by atoms with Gasteiger partial charge < -0.3 is 10.6 Å². The number of hydrogen-bond donors (Lipinski definition) is 2. The largest absolute Gasteiger partial charge is 0.395 e. The van der Waals surface area contributed by atoms with Crippen molar-refractivity contribution in [1.29, 1.82) is 0 Å². The van der Waals surface area contributed by atoms with E-state index in [-0.39, 0.29) is 5.91 Å². The summed E-state index contributed by atoms with van der Waals surface area (Å²) in [6, 6.07) is 0.314. The highest BCUT2D eigenvalue weighted by molar-refractivity contribution is 7.99. The van der Waals surface area contributed by atoms with Crippen molar-refractivity contribution in [3.8, 4) is 0 Å². The van der Waals surface area contributed by atoms with Gasteiger partial charge in [0.25, 0.3) is 5.91 Å². The van der Waals surface area contributed by atoms with Crippen LogP contribution in [-0.4, -0.2) is 45.6 Å². The summed E-state index contributed by atoms with van der Waals surface area (Å²) in [7, 11) is 1.82. The zero-order valence-corrected chi connectivity index (χ0v) is 10.3. The number of rotatable bonds is 2. The molecule has 1 aliphatic heterocycles. The first-order valence-electron chi connectivity index (χ1n) is 5.26. The van der Waals surface area contributed by atoms with Gasteiger partial charge in [0.15, 0.2) is 5.69 Å². The van der Waals surface area contributed by atoms with E-state index in [1.165, 1.54) is 0 Å². The Bertz CT molecular complexity index is 398. The molecule has 1 aromatic heterocycles. The lowest BCUT2D eigenvalue weighted by molar-refractivity contribution is 0.0743. The monoisotopic (exact) mass is 240 g/mol. The van der Waals surface area contributed by atoms with Gasteiger partial charge in [0.2, 0.25) is 0 Å². The molecular formula is C10H16N4OS. The summed E-state index contributed by atoms with van der Waals surface area (Å²) in [5.74, 6) is 2.04. The van der Waals surface area contributed by atoms with E-state index < -0.39 is 0 Å². The van der Waals surface area contributed by atoms with Crippen LogP contribution in [0.15, 0.2) is 0 Å². The van der Waals surface area contributed by atoms with E-state index in [9.17, 15) is 4.79 Å². The van der Waals surface area contributed by atoms with E-state index in [2.05, 4.69) is 10.2 Å². The Balaban J connectivity index is 2.15. The molecule has 1 aromatic rings. The van der Waals surface area contributed by atoms with Crippen LogP contribution in [0.3, 0.4) is 0 Å². The van der Waals surface area contributed by atoms with Gasteiger partial charge in [-0.05, 0) is 19.1 Å². The molecule has 1 amide bonds. The number of nitrogen functional groups attached to an aromatic ring is 1. The molecule has 88 valence electrons. The van der Waals surface area contributed by atoms with Crippen molar-refractivity contribution in [3.63, 3.8) is 0 Å². The van der Waals surface area contributed by atoms with Crippen LogP contribution in [0.1, 0.15) is 22.6 Å². The van der Waals surface area contributed by atoms with Crippen molar-refractivity contribution in [3.05, 3.63) is 11.4 Å². The summed E-state index contributed by atoms with van der Waals surface area (Å²) in [6.45, 7) is 1.81. The molecule has 16 heavy (non-hydrogen) atoms. The minimum absolute atomic E-state index is 0.0886. The number of nitrogens with zero attached hydrogens (tertiary/aromatic N) is 2. The molecule has 1 atom stereocenters. The number of aromatic amines is 1. The van der Waals surface area contributed by atoms with Crippen molar-refractivity contribution >= 4 is 23.4 Å². The van der Waals surface area contributed by atoms with Crippen LogP contribution in [0, 0.1) is 6.92 Å². The number of carbonyl (C=O) groups is 1. The zero-order valence-electron chi connectivity index (χ0n) is 9.49. The molecule has 1 aliphatic rings. The number of aryl methyl sites for hydroxylation is 1. The van der Waals surface area contributed by atoms with Crippen LogP contribution in [0.25, 0.3) is 0 Å². The smallest absolute Gasteiger partial charge is 0.276 e. The van der Waals surface area contributed by atoms with Gasteiger partial charge in [0, 0.05) is 18.8 Å². The Hall–Kier alpha value is -1.17. The minimum Gasteiger partial charge on any atom is -0.395 e. The molecule has 0 aliphatic carbocycles. The molecule has 1 saturated heterocycles. The molecule has 3 N–H and O–H groups in total. The fourth-order valence-corrected chi connectivity index (χ4v) is 3.03. The van der Waals surface area contributed by atoms with Gasteiger partial charge in [0.1, 0.15) is 0 Å². The third kappa shape index (κ3) is 1.89. The molecule has 0 bridgehead atoms. The molecule has 0 saturated carbocycles. The lowest BCUT2D eigenvalue weighted by atomic mass is 10.2. The summed E-state index contributed by atoms with van der Waals surface area (Å²) in [4.78, 5) is 13.9. The number of amides is 1. The maximum absolute atomic E-state index is 12.1. The zero-order chi connectivity index (χ0) is 11.7. The van der Waals surface area contributed by atoms with Gasteiger partial charge in [-0.25, -0.2) is 0 Å². The predicted octanol–water partition coefficient (Wildman–Crippen LogP) is 0.878. The Morgan fingerprint density at radius 3 is 2.94 bits per heavy atom. The van der Waals surface area contributed by atoms with Crippen LogP contribution in [-0.2, 0) is 0 Å². The van der Waals surface area contributed by atoms with Crippen LogP contribution >= 0.6 is 11.8 Å². The molecule has 0 radical (unpaired) electrons. The third-order valence-corrected chi connectivity index (χ3v) is 4.12. The lowest BCUT2D eigenvalue weighted by Gasteiger charge is -2.22. The van der Waals surface area contributed by atoms with Crippen molar-refractivity contribution in [1.82, 2.24) is 15.1 Å². The molecule has 5 nitrogen and oxygen atoms in total. The van der Waals surface area contributed by atoms with Crippen molar-refractivity contribution < 1.29 is 4.79 Å². The second kappa shape index (κ2) is 4.37. The standard InChI is InChI=1S/C10H16N4OS/c1-6-8(11)9(13-12-6)10(15)14(2)7-3-4-16-5-7/h7H,3-5,11H2,1-2H3,(H,12,13). The maximum Gasteiger partial charge on any atom is 0.276 e.